The number of esters is 1. The van der Waals surface area contributed by atoms with Crippen LogP contribution >= 0.6 is 0 Å². The Morgan fingerprint density at radius 1 is 1.67 bits per heavy atom. The van der Waals surface area contributed by atoms with Gasteiger partial charge in [-0.1, -0.05) is 6.92 Å². The maximum atomic E-state index is 10.8. The molecule has 2 atom stereocenters. The van der Waals surface area contributed by atoms with E-state index in [9.17, 15) is 4.79 Å². The summed E-state index contributed by atoms with van der Waals surface area (Å²) in [7, 11) is 0. The Bertz CT molecular complexity index is 159. The van der Waals surface area contributed by atoms with E-state index in [1.54, 1.807) is 0 Å². The molecule has 0 spiro atoms. The fourth-order valence-corrected chi connectivity index (χ4v) is 1.26. The number of hydrogen-bond donors (Lipinski definition) is 1. The molecule has 1 aliphatic carbocycles. The van der Waals surface area contributed by atoms with Crippen LogP contribution < -0.4 is 5.32 Å². The monoisotopic (exact) mass is 171 g/mol. The first-order valence-corrected chi connectivity index (χ1v) is 4.60. The predicted octanol–water partition coefficient (Wildman–Crippen LogP) is 0.795. The Kier molecular flexibility index (Phi) is 3.53. The lowest BCUT2D eigenvalue weighted by Crippen LogP contribution is -2.26. The molecule has 70 valence electrons. The van der Waals surface area contributed by atoms with Crippen molar-refractivity contribution in [1.29, 1.82) is 0 Å². The molecule has 0 radical (unpaired) electrons. The SMILES string of the molecule is CCOC(=O)CNCC1CC1C. The van der Waals surface area contributed by atoms with Crippen molar-refractivity contribution in [2.45, 2.75) is 20.3 Å². The number of rotatable bonds is 5. The summed E-state index contributed by atoms with van der Waals surface area (Å²) in [6, 6.07) is 0. The summed E-state index contributed by atoms with van der Waals surface area (Å²) in [5.74, 6) is 1.49. The van der Waals surface area contributed by atoms with Gasteiger partial charge in [0.25, 0.3) is 0 Å². The van der Waals surface area contributed by atoms with Gasteiger partial charge in [-0.2, -0.15) is 0 Å². The van der Waals surface area contributed by atoms with Crippen LogP contribution in [0.3, 0.4) is 0 Å². The summed E-state index contributed by atoms with van der Waals surface area (Å²) in [6.07, 6.45) is 1.30. The first kappa shape index (κ1) is 9.52. The minimum absolute atomic E-state index is 0.147. The summed E-state index contributed by atoms with van der Waals surface area (Å²) in [5, 5.41) is 3.09. The molecule has 0 heterocycles. The van der Waals surface area contributed by atoms with Crippen molar-refractivity contribution in [3.8, 4) is 0 Å². The van der Waals surface area contributed by atoms with Gasteiger partial charge >= 0.3 is 5.97 Å². The van der Waals surface area contributed by atoms with Crippen LogP contribution in [0, 0.1) is 11.8 Å². The third-order valence-corrected chi connectivity index (χ3v) is 2.26. The molecule has 1 fully saturated rings. The third-order valence-electron chi connectivity index (χ3n) is 2.26. The standard InChI is InChI=1S/C9H17NO2/c1-3-12-9(11)6-10-5-8-4-7(8)2/h7-8,10H,3-6H2,1-2H3. The van der Waals surface area contributed by atoms with Crippen molar-refractivity contribution in [3.63, 3.8) is 0 Å². The molecule has 1 aliphatic rings. The van der Waals surface area contributed by atoms with Crippen molar-refractivity contribution < 1.29 is 9.53 Å². The van der Waals surface area contributed by atoms with E-state index >= 15 is 0 Å². The fraction of sp³-hybridized carbons (Fsp3) is 0.889. The second-order valence-corrected chi connectivity index (χ2v) is 3.41. The molecule has 0 amide bonds. The zero-order chi connectivity index (χ0) is 8.97. The van der Waals surface area contributed by atoms with Gasteiger partial charge in [-0.25, -0.2) is 0 Å². The Morgan fingerprint density at radius 2 is 2.33 bits per heavy atom. The largest absolute Gasteiger partial charge is 0.465 e. The third kappa shape index (κ3) is 3.22. The van der Waals surface area contributed by atoms with Crippen LogP contribution in [0.2, 0.25) is 0 Å². The van der Waals surface area contributed by atoms with Crippen molar-refractivity contribution in [3.05, 3.63) is 0 Å². The van der Waals surface area contributed by atoms with Crippen LogP contribution in [0.5, 0.6) is 0 Å². The quantitative estimate of drug-likeness (QED) is 0.622. The van der Waals surface area contributed by atoms with Crippen molar-refractivity contribution in [2.75, 3.05) is 19.7 Å². The molecule has 0 aromatic rings. The molecule has 2 unspecified atom stereocenters. The zero-order valence-electron chi connectivity index (χ0n) is 7.80. The Hall–Kier alpha value is -0.570. The Balaban J connectivity index is 1.91. The summed E-state index contributed by atoms with van der Waals surface area (Å²) in [6.45, 7) is 5.84. The van der Waals surface area contributed by atoms with E-state index in [4.69, 9.17) is 4.74 Å². The minimum Gasteiger partial charge on any atom is -0.465 e. The van der Waals surface area contributed by atoms with Crippen molar-refractivity contribution in [2.24, 2.45) is 11.8 Å². The highest BCUT2D eigenvalue weighted by atomic mass is 16.5. The lowest BCUT2D eigenvalue weighted by Gasteiger charge is -2.02. The van der Waals surface area contributed by atoms with Crippen molar-refractivity contribution >= 4 is 5.97 Å². The molecule has 1 rings (SSSR count). The molecule has 0 bridgehead atoms. The smallest absolute Gasteiger partial charge is 0.319 e. The molecule has 12 heavy (non-hydrogen) atoms. The van der Waals surface area contributed by atoms with E-state index in [2.05, 4.69) is 12.2 Å². The highest BCUT2D eigenvalue weighted by molar-refractivity contribution is 5.71. The van der Waals surface area contributed by atoms with Gasteiger partial charge in [0.15, 0.2) is 0 Å². The molecule has 0 aliphatic heterocycles. The molecule has 1 saturated carbocycles. The van der Waals surface area contributed by atoms with Crippen LogP contribution in [-0.2, 0) is 9.53 Å². The van der Waals surface area contributed by atoms with Crippen molar-refractivity contribution in [1.82, 2.24) is 5.32 Å². The average molecular weight is 171 g/mol. The summed E-state index contributed by atoms with van der Waals surface area (Å²) >= 11 is 0. The van der Waals surface area contributed by atoms with Crippen LogP contribution in [-0.4, -0.2) is 25.7 Å². The lowest BCUT2D eigenvalue weighted by molar-refractivity contribution is -0.142. The summed E-state index contributed by atoms with van der Waals surface area (Å²) in [5.41, 5.74) is 0. The van der Waals surface area contributed by atoms with Crippen LogP contribution in [0.15, 0.2) is 0 Å². The second kappa shape index (κ2) is 4.45. The maximum absolute atomic E-state index is 10.8. The highest BCUT2D eigenvalue weighted by Gasteiger charge is 2.31. The van der Waals surface area contributed by atoms with Crippen LogP contribution in [0.25, 0.3) is 0 Å². The van der Waals surface area contributed by atoms with E-state index in [0.717, 1.165) is 18.4 Å². The molecular weight excluding hydrogens is 154 g/mol. The van der Waals surface area contributed by atoms with Crippen LogP contribution in [0.4, 0.5) is 0 Å². The normalized spacial score (nSPS) is 26.8. The highest BCUT2D eigenvalue weighted by Crippen LogP contribution is 2.36. The maximum Gasteiger partial charge on any atom is 0.319 e. The number of ether oxygens (including phenoxy) is 1. The number of carbonyl (C=O) groups excluding carboxylic acids is 1. The number of carbonyl (C=O) groups is 1. The zero-order valence-corrected chi connectivity index (χ0v) is 7.80. The topological polar surface area (TPSA) is 38.3 Å². The average Bonchev–Trinajstić information content (AvgIpc) is 2.67. The van der Waals surface area contributed by atoms with Gasteiger partial charge in [0.2, 0.25) is 0 Å². The second-order valence-electron chi connectivity index (χ2n) is 3.41. The summed E-state index contributed by atoms with van der Waals surface area (Å²) in [4.78, 5) is 10.8. The lowest BCUT2D eigenvalue weighted by atomic mass is 10.3. The number of hydrogen-bond acceptors (Lipinski definition) is 3. The molecule has 0 aromatic carbocycles. The van der Waals surface area contributed by atoms with E-state index in [-0.39, 0.29) is 5.97 Å². The predicted molar refractivity (Wildman–Crippen MR) is 46.8 cm³/mol. The number of nitrogens with one attached hydrogen (secondary N) is 1. The molecule has 0 aromatic heterocycles. The molecule has 0 saturated heterocycles. The van der Waals surface area contributed by atoms with E-state index in [0.29, 0.717) is 13.2 Å². The minimum atomic E-state index is -0.147. The molecular formula is C9H17NO2. The first-order valence-electron chi connectivity index (χ1n) is 4.60. The summed E-state index contributed by atoms with van der Waals surface area (Å²) < 4.78 is 4.77. The molecule has 3 heteroatoms. The molecule has 1 N–H and O–H groups in total. The van der Waals surface area contributed by atoms with E-state index < -0.39 is 0 Å². The van der Waals surface area contributed by atoms with Gasteiger partial charge in [0.1, 0.15) is 0 Å². The van der Waals surface area contributed by atoms with Gasteiger partial charge in [-0.15, -0.1) is 0 Å². The first-order chi connectivity index (χ1) is 5.74. The molecule has 3 nitrogen and oxygen atoms in total. The van der Waals surface area contributed by atoms with Gasteiger partial charge in [0, 0.05) is 0 Å². The van der Waals surface area contributed by atoms with Crippen LogP contribution in [0.1, 0.15) is 20.3 Å². The Labute approximate surface area is 73.5 Å². The van der Waals surface area contributed by atoms with Gasteiger partial charge in [-0.05, 0) is 31.7 Å². The fourth-order valence-electron chi connectivity index (χ4n) is 1.26. The van der Waals surface area contributed by atoms with Gasteiger partial charge < -0.3 is 10.1 Å². The Morgan fingerprint density at radius 3 is 2.83 bits per heavy atom. The van der Waals surface area contributed by atoms with Gasteiger partial charge in [0.05, 0.1) is 13.2 Å². The van der Waals surface area contributed by atoms with E-state index in [1.807, 2.05) is 6.92 Å². The van der Waals surface area contributed by atoms with Gasteiger partial charge in [-0.3, -0.25) is 4.79 Å². The van der Waals surface area contributed by atoms with E-state index in [1.165, 1.54) is 6.42 Å².